The third-order valence-corrected chi connectivity index (χ3v) is 4.35. The lowest BCUT2D eigenvalue weighted by Gasteiger charge is -2.10. The first kappa shape index (κ1) is 17.9. The van der Waals surface area contributed by atoms with E-state index in [2.05, 4.69) is 20.3 Å². The van der Waals surface area contributed by atoms with Crippen molar-refractivity contribution >= 4 is 29.3 Å². The van der Waals surface area contributed by atoms with Crippen LogP contribution in [0.15, 0.2) is 47.4 Å². The summed E-state index contributed by atoms with van der Waals surface area (Å²) < 4.78 is 32.0. The zero-order valence-electron chi connectivity index (χ0n) is 13.7. The van der Waals surface area contributed by atoms with Crippen LogP contribution in [0.2, 0.25) is 0 Å². The molecule has 0 spiro atoms. The van der Waals surface area contributed by atoms with Gasteiger partial charge < -0.3 is 15.8 Å². The van der Waals surface area contributed by atoms with Gasteiger partial charge in [-0.05, 0) is 24.3 Å². The number of anilines is 3. The van der Waals surface area contributed by atoms with Crippen molar-refractivity contribution in [2.45, 2.75) is 10.6 Å². The van der Waals surface area contributed by atoms with Crippen molar-refractivity contribution in [1.29, 1.82) is 0 Å². The lowest BCUT2D eigenvalue weighted by molar-refractivity contribution is 0.417. The average Bonchev–Trinajstić information content (AvgIpc) is 2.61. The predicted octanol–water partition coefficient (Wildman–Crippen LogP) is 3.78. The Hall–Kier alpha value is -2.94. The van der Waals surface area contributed by atoms with Crippen molar-refractivity contribution < 1.29 is 13.5 Å². The number of halogens is 2. The zero-order chi connectivity index (χ0) is 18.5. The number of thioether (sulfide) groups is 1. The first-order valence-electron chi connectivity index (χ1n) is 7.53. The van der Waals surface area contributed by atoms with Crippen LogP contribution in [0, 0.1) is 11.6 Å². The molecule has 134 valence electrons. The lowest BCUT2D eigenvalue weighted by atomic mass is 10.3. The van der Waals surface area contributed by atoms with E-state index < -0.39 is 11.6 Å². The topological polar surface area (TPSA) is 86.0 Å². The van der Waals surface area contributed by atoms with Crippen LogP contribution in [0.3, 0.4) is 0 Å². The Morgan fingerprint density at radius 1 is 1.12 bits per heavy atom. The van der Waals surface area contributed by atoms with Gasteiger partial charge in [-0.25, -0.2) is 8.78 Å². The Bertz CT molecular complexity index is 925. The molecule has 1 aromatic heterocycles. The minimum atomic E-state index is -0.635. The molecule has 3 rings (SSSR count). The molecule has 6 nitrogen and oxygen atoms in total. The highest BCUT2D eigenvalue weighted by molar-refractivity contribution is 7.98. The molecular weight excluding hydrogens is 360 g/mol. The fraction of sp³-hybridized carbons (Fsp3) is 0.118. The van der Waals surface area contributed by atoms with E-state index >= 15 is 0 Å². The van der Waals surface area contributed by atoms with Crippen LogP contribution in [0.5, 0.6) is 5.75 Å². The fourth-order valence-corrected chi connectivity index (χ4v) is 2.94. The van der Waals surface area contributed by atoms with Gasteiger partial charge in [0.25, 0.3) is 0 Å². The lowest BCUT2D eigenvalue weighted by Crippen LogP contribution is -2.07. The highest BCUT2D eigenvalue weighted by atomic mass is 32.2. The van der Waals surface area contributed by atoms with Gasteiger partial charge in [0.1, 0.15) is 23.2 Å². The van der Waals surface area contributed by atoms with E-state index in [9.17, 15) is 8.78 Å². The third kappa shape index (κ3) is 4.37. The largest absolute Gasteiger partial charge is 0.495 e. The SMILES string of the molecule is COc1ccccc1Nc1nc(N)nc(CSc2ccc(F)cc2F)n1. The Kier molecular flexibility index (Phi) is 5.47. The summed E-state index contributed by atoms with van der Waals surface area (Å²) in [6, 6.07) is 10.7. The minimum absolute atomic E-state index is 0.0348. The van der Waals surface area contributed by atoms with E-state index in [4.69, 9.17) is 10.5 Å². The van der Waals surface area contributed by atoms with Crippen molar-refractivity contribution in [3.05, 3.63) is 59.9 Å². The molecule has 0 bridgehead atoms. The molecular formula is C17H15F2N5OS. The number of aromatic nitrogens is 3. The smallest absolute Gasteiger partial charge is 0.232 e. The second kappa shape index (κ2) is 7.96. The standard InChI is InChI=1S/C17H15F2N5OS/c1-25-13-5-3-2-4-12(13)21-17-23-15(22-16(20)24-17)9-26-14-7-6-10(18)8-11(14)19/h2-8H,9H2,1H3,(H3,20,21,22,23,24). The summed E-state index contributed by atoms with van der Waals surface area (Å²) >= 11 is 1.14. The second-order valence-electron chi connectivity index (χ2n) is 5.12. The molecule has 0 amide bonds. The second-order valence-corrected chi connectivity index (χ2v) is 6.14. The summed E-state index contributed by atoms with van der Waals surface area (Å²) in [7, 11) is 1.56. The van der Waals surface area contributed by atoms with E-state index in [-0.39, 0.29) is 17.6 Å². The highest BCUT2D eigenvalue weighted by Crippen LogP contribution is 2.27. The van der Waals surface area contributed by atoms with Crippen LogP contribution in [0.25, 0.3) is 0 Å². The maximum Gasteiger partial charge on any atom is 0.232 e. The van der Waals surface area contributed by atoms with Gasteiger partial charge in [0.15, 0.2) is 0 Å². The average molecular weight is 375 g/mol. The third-order valence-electron chi connectivity index (χ3n) is 3.30. The molecule has 0 unspecified atom stereocenters. The normalized spacial score (nSPS) is 10.6. The van der Waals surface area contributed by atoms with E-state index in [1.807, 2.05) is 12.1 Å². The molecule has 26 heavy (non-hydrogen) atoms. The molecule has 0 aliphatic carbocycles. The van der Waals surface area contributed by atoms with Crippen molar-refractivity contribution in [1.82, 2.24) is 15.0 Å². The van der Waals surface area contributed by atoms with Crippen LogP contribution in [0.4, 0.5) is 26.4 Å². The number of nitrogens with one attached hydrogen (secondary N) is 1. The molecule has 0 saturated carbocycles. The molecule has 0 radical (unpaired) electrons. The van der Waals surface area contributed by atoms with Crippen LogP contribution >= 0.6 is 11.8 Å². The molecule has 1 heterocycles. The van der Waals surface area contributed by atoms with Gasteiger partial charge in [-0.2, -0.15) is 15.0 Å². The number of nitrogen functional groups attached to an aromatic ring is 1. The van der Waals surface area contributed by atoms with Crippen LogP contribution < -0.4 is 15.8 Å². The maximum atomic E-state index is 13.7. The summed E-state index contributed by atoms with van der Waals surface area (Å²) in [5, 5.41) is 3.02. The molecule has 9 heteroatoms. The number of para-hydroxylation sites is 2. The summed E-state index contributed by atoms with van der Waals surface area (Å²) in [6.45, 7) is 0. The van der Waals surface area contributed by atoms with Crippen molar-refractivity contribution in [3.8, 4) is 5.75 Å². The number of rotatable bonds is 6. The van der Waals surface area contributed by atoms with Gasteiger partial charge in [-0.1, -0.05) is 12.1 Å². The fourth-order valence-electron chi connectivity index (χ4n) is 2.16. The van der Waals surface area contributed by atoms with E-state index in [0.29, 0.717) is 22.2 Å². The first-order chi connectivity index (χ1) is 12.5. The van der Waals surface area contributed by atoms with Crippen LogP contribution in [-0.2, 0) is 5.75 Å². The summed E-state index contributed by atoms with van der Waals surface area (Å²) in [5.74, 6) is 0.253. The molecule has 0 atom stereocenters. The van der Waals surface area contributed by atoms with Crippen molar-refractivity contribution in [3.63, 3.8) is 0 Å². The van der Waals surface area contributed by atoms with E-state index in [1.54, 1.807) is 19.2 Å². The molecule has 3 N–H and O–H groups in total. The number of hydrogen-bond acceptors (Lipinski definition) is 7. The predicted molar refractivity (Wildman–Crippen MR) is 96.4 cm³/mol. The van der Waals surface area contributed by atoms with Crippen molar-refractivity contribution in [2.24, 2.45) is 0 Å². The van der Waals surface area contributed by atoms with Crippen molar-refractivity contribution in [2.75, 3.05) is 18.2 Å². The zero-order valence-corrected chi connectivity index (χ0v) is 14.6. The van der Waals surface area contributed by atoms with Gasteiger partial charge in [0.2, 0.25) is 11.9 Å². The van der Waals surface area contributed by atoms with Gasteiger partial charge in [-0.15, -0.1) is 11.8 Å². The summed E-state index contributed by atoms with van der Waals surface area (Å²) in [6.07, 6.45) is 0. The minimum Gasteiger partial charge on any atom is -0.495 e. The Morgan fingerprint density at radius 3 is 2.69 bits per heavy atom. The Labute approximate surface area is 152 Å². The van der Waals surface area contributed by atoms with Gasteiger partial charge in [-0.3, -0.25) is 0 Å². The Morgan fingerprint density at radius 2 is 1.92 bits per heavy atom. The van der Waals surface area contributed by atoms with Gasteiger partial charge >= 0.3 is 0 Å². The quantitative estimate of drug-likeness (QED) is 0.634. The molecule has 2 aromatic carbocycles. The molecule has 0 fully saturated rings. The highest BCUT2D eigenvalue weighted by Gasteiger charge is 2.10. The van der Waals surface area contributed by atoms with Gasteiger partial charge in [0, 0.05) is 11.0 Å². The number of nitrogens with zero attached hydrogens (tertiary/aromatic N) is 3. The maximum absolute atomic E-state index is 13.7. The number of benzene rings is 2. The first-order valence-corrected chi connectivity index (χ1v) is 8.52. The summed E-state index contributed by atoms with van der Waals surface area (Å²) in [5.41, 5.74) is 6.41. The number of nitrogens with two attached hydrogens (primary N) is 1. The van der Waals surface area contributed by atoms with E-state index in [1.165, 1.54) is 12.1 Å². The molecule has 3 aromatic rings. The molecule has 0 saturated heterocycles. The summed E-state index contributed by atoms with van der Waals surface area (Å²) in [4.78, 5) is 12.7. The Balaban J connectivity index is 1.77. The van der Waals surface area contributed by atoms with Crippen LogP contribution in [0.1, 0.15) is 5.82 Å². The number of ether oxygens (including phenoxy) is 1. The molecule has 0 aliphatic rings. The molecule has 0 aliphatic heterocycles. The number of hydrogen-bond donors (Lipinski definition) is 2. The number of methoxy groups -OCH3 is 1. The monoisotopic (exact) mass is 375 g/mol. The van der Waals surface area contributed by atoms with Crippen LogP contribution in [-0.4, -0.2) is 22.1 Å². The van der Waals surface area contributed by atoms with Gasteiger partial charge in [0.05, 0.1) is 18.6 Å². The van der Waals surface area contributed by atoms with E-state index in [0.717, 1.165) is 17.8 Å².